The minimum atomic E-state index is -0.0851. The molecule has 0 radical (unpaired) electrons. The summed E-state index contributed by atoms with van der Waals surface area (Å²) in [5, 5.41) is 0. The van der Waals surface area contributed by atoms with Crippen molar-refractivity contribution < 1.29 is 9.59 Å². The van der Waals surface area contributed by atoms with Crippen LogP contribution in [0.2, 0.25) is 0 Å². The van der Waals surface area contributed by atoms with Crippen molar-refractivity contribution in [3.63, 3.8) is 0 Å². The fraction of sp³-hybridized carbons (Fsp3) is 0.429. The van der Waals surface area contributed by atoms with Crippen LogP contribution in [0, 0.1) is 0 Å². The zero-order valence-electron chi connectivity index (χ0n) is 11.7. The number of hydrogen-bond acceptors (Lipinski definition) is 2. The molecule has 4 nitrogen and oxygen atoms in total. The summed E-state index contributed by atoms with van der Waals surface area (Å²) in [6.07, 6.45) is 0.794. The van der Waals surface area contributed by atoms with E-state index >= 15 is 0 Å². The Morgan fingerprint density at radius 2 is 1.28 bits per heavy atom. The summed E-state index contributed by atoms with van der Waals surface area (Å²) >= 11 is 0. The Morgan fingerprint density at radius 1 is 0.889 bits per heavy atom. The first-order chi connectivity index (χ1) is 8.36. The van der Waals surface area contributed by atoms with Gasteiger partial charge in [-0.05, 0) is 30.2 Å². The Hall–Kier alpha value is -1.84. The van der Waals surface area contributed by atoms with E-state index in [-0.39, 0.29) is 11.8 Å². The molecular weight excluding hydrogens is 228 g/mol. The summed E-state index contributed by atoms with van der Waals surface area (Å²) < 4.78 is 0. The standard InChI is InChI=1S/C14H20N2O2/c1-6-10-7-11(13(17)15(2)3)9-12(8-10)14(18)16(4)5/h7-9H,6H2,1-5H3. The van der Waals surface area contributed by atoms with Gasteiger partial charge in [0, 0.05) is 39.3 Å². The highest BCUT2D eigenvalue weighted by atomic mass is 16.2. The summed E-state index contributed by atoms with van der Waals surface area (Å²) in [6.45, 7) is 2.00. The van der Waals surface area contributed by atoms with Gasteiger partial charge in [-0.25, -0.2) is 0 Å². The van der Waals surface area contributed by atoms with Gasteiger partial charge in [0.05, 0.1) is 0 Å². The summed E-state index contributed by atoms with van der Waals surface area (Å²) in [5.41, 5.74) is 2.11. The first-order valence-electron chi connectivity index (χ1n) is 5.94. The summed E-state index contributed by atoms with van der Waals surface area (Å²) in [6, 6.07) is 5.34. The van der Waals surface area contributed by atoms with Crippen LogP contribution in [-0.2, 0) is 6.42 Å². The highest BCUT2D eigenvalue weighted by Crippen LogP contribution is 2.14. The van der Waals surface area contributed by atoms with E-state index in [0.717, 1.165) is 12.0 Å². The van der Waals surface area contributed by atoms with Crippen LogP contribution in [0.1, 0.15) is 33.2 Å². The van der Waals surface area contributed by atoms with Crippen molar-refractivity contribution in [3.8, 4) is 0 Å². The molecule has 0 atom stereocenters. The Bertz CT molecular complexity index is 427. The molecule has 0 aliphatic heterocycles. The largest absolute Gasteiger partial charge is 0.345 e. The number of benzene rings is 1. The number of aryl methyl sites for hydroxylation is 1. The fourth-order valence-corrected chi connectivity index (χ4v) is 1.66. The smallest absolute Gasteiger partial charge is 0.253 e. The van der Waals surface area contributed by atoms with Crippen LogP contribution in [0.25, 0.3) is 0 Å². The van der Waals surface area contributed by atoms with E-state index < -0.39 is 0 Å². The van der Waals surface area contributed by atoms with Crippen molar-refractivity contribution in [1.29, 1.82) is 0 Å². The van der Waals surface area contributed by atoms with Crippen LogP contribution in [0.4, 0.5) is 0 Å². The van der Waals surface area contributed by atoms with Gasteiger partial charge in [-0.15, -0.1) is 0 Å². The normalized spacial score (nSPS) is 10.1. The van der Waals surface area contributed by atoms with Gasteiger partial charge in [0.15, 0.2) is 0 Å². The van der Waals surface area contributed by atoms with Crippen LogP contribution in [0.5, 0.6) is 0 Å². The molecule has 1 aromatic rings. The lowest BCUT2D eigenvalue weighted by atomic mass is 10.0. The monoisotopic (exact) mass is 248 g/mol. The van der Waals surface area contributed by atoms with Crippen molar-refractivity contribution in [2.75, 3.05) is 28.2 Å². The zero-order chi connectivity index (χ0) is 13.9. The number of amides is 2. The molecule has 1 rings (SSSR count). The molecule has 0 saturated carbocycles. The lowest BCUT2D eigenvalue weighted by Crippen LogP contribution is -2.24. The van der Waals surface area contributed by atoms with E-state index in [0.29, 0.717) is 11.1 Å². The molecule has 0 N–H and O–H groups in total. The van der Waals surface area contributed by atoms with Gasteiger partial charge in [0.25, 0.3) is 11.8 Å². The van der Waals surface area contributed by atoms with E-state index in [2.05, 4.69) is 0 Å². The predicted molar refractivity (Wildman–Crippen MR) is 71.9 cm³/mol. The zero-order valence-corrected chi connectivity index (χ0v) is 11.7. The van der Waals surface area contributed by atoms with Crippen LogP contribution in [-0.4, -0.2) is 49.8 Å². The maximum atomic E-state index is 12.0. The Kier molecular flexibility index (Phi) is 4.48. The van der Waals surface area contributed by atoms with E-state index in [1.807, 2.05) is 19.1 Å². The minimum absolute atomic E-state index is 0.0851. The molecule has 0 spiro atoms. The van der Waals surface area contributed by atoms with Crippen molar-refractivity contribution >= 4 is 11.8 Å². The van der Waals surface area contributed by atoms with Gasteiger partial charge in [0.1, 0.15) is 0 Å². The second-order valence-electron chi connectivity index (χ2n) is 4.67. The molecule has 2 amide bonds. The van der Waals surface area contributed by atoms with Crippen molar-refractivity contribution in [1.82, 2.24) is 9.80 Å². The third kappa shape index (κ3) is 3.09. The number of carbonyl (C=O) groups is 2. The summed E-state index contributed by atoms with van der Waals surface area (Å²) in [5.74, 6) is -0.170. The minimum Gasteiger partial charge on any atom is -0.345 e. The second kappa shape index (κ2) is 5.67. The summed E-state index contributed by atoms with van der Waals surface area (Å²) in [4.78, 5) is 26.9. The highest BCUT2D eigenvalue weighted by Gasteiger charge is 2.14. The molecule has 0 aliphatic carbocycles. The van der Waals surface area contributed by atoms with E-state index in [1.165, 1.54) is 9.80 Å². The molecule has 0 bridgehead atoms. The lowest BCUT2D eigenvalue weighted by molar-refractivity contribution is 0.0826. The fourth-order valence-electron chi connectivity index (χ4n) is 1.66. The van der Waals surface area contributed by atoms with Gasteiger partial charge in [-0.3, -0.25) is 9.59 Å². The van der Waals surface area contributed by atoms with Crippen LogP contribution in [0.3, 0.4) is 0 Å². The van der Waals surface area contributed by atoms with Crippen LogP contribution < -0.4 is 0 Å². The lowest BCUT2D eigenvalue weighted by Gasteiger charge is -2.15. The average molecular weight is 248 g/mol. The molecule has 18 heavy (non-hydrogen) atoms. The number of rotatable bonds is 3. The Morgan fingerprint density at radius 3 is 1.56 bits per heavy atom. The quantitative estimate of drug-likeness (QED) is 0.816. The van der Waals surface area contributed by atoms with Crippen molar-refractivity contribution in [3.05, 3.63) is 34.9 Å². The van der Waals surface area contributed by atoms with Crippen LogP contribution >= 0.6 is 0 Å². The first-order valence-corrected chi connectivity index (χ1v) is 5.94. The first kappa shape index (κ1) is 14.2. The van der Waals surface area contributed by atoms with Gasteiger partial charge in [-0.2, -0.15) is 0 Å². The maximum Gasteiger partial charge on any atom is 0.253 e. The number of hydrogen-bond donors (Lipinski definition) is 0. The number of carbonyl (C=O) groups excluding carboxylic acids is 2. The average Bonchev–Trinajstić information content (AvgIpc) is 2.35. The molecule has 0 saturated heterocycles. The predicted octanol–water partition coefficient (Wildman–Crippen LogP) is 1.65. The molecule has 0 unspecified atom stereocenters. The molecule has 0 aliphatic rings. The molecular formula is C14H20N2O2. The molecule has 0 heterocycles. The highest BCUT2D eigenvalue weighted by molar-refractivity contribution is 5.99. The van der Waals surface area contributed by atoms with Gasteiger partial charge in [0.2, 0.25) is 0 Å². The Balaban J connectivity index is 3.26. The van der Waals surface area contributed by atoms with Gasteiger partial charge >= 0.3 is 0 Å². The number of nitrogens with zero attached hydrogens (tertiary/aromatic N) is 2. The Labute approximate surface area is 108 Å². The van der Waals surface area contributed by atoms with E-state index in [1.54, 1.807) is 34.3 Å². The second-order valence-corrected chi connectivity index (χ2v) is 4.67. The van der Waals surface area contributed by atoms with Gasteiger partial charge < -0.3 is 9.80 Å². The molecule has 98 valence electrons. The molecule has 4 heteroatoms. The summed E-state index contributed by atoms with van der Waals surface area (Å²) in [7, 11) is 6.81. The SMILES string of the molecule is CCc1cc(C(=O)N(C)C)cc(C(=O)N(C)C)c1. The van der Waals surface area contributed by atoms with E-state index in [4.69, 9.17) is 0 Å². The molecule has 1 aromatic carbocycles. The van der Waals surface area contributed by atoms with E-state index in [9.17, 15) is 9.59 Å². The van der Waals surface area contributed by atoms with Crippen molar-refractivity contribution in [2.24, 2.45) is 0 Å². The molecule has 0 aromatic heterocycles. The molecule has 0 fully saturated rings. The van der Waals surface area contributed by atoms with Gasteiger partial charge in [-0.1, -0.05) is 6.92 Å². The van der Waals surface area contributed by atoms with Crippen LogP contribution in [0.15, 0.2) is 18.2 Å². The van der Waals surface area contributed by atoms with Crippen molar-refractivity contribution in [2.45, 2.75) is 13.3 Å². The third-order valence-corrected chi connectivity index (χ3v) is 2.71. The topological polar surface area (TPSA) is 40.6 Å². The third-order valence-electron chi connectivity index (χ3n) is 2.71. The maximum absolute atomic E-state index is 12.0.